The number of carbonyl (C=O) groups is 1. The monoisotopic (exact) mass is 504 g/mol. The third kappa shape index (κ3) is 6.51. The highest BCUT2D eigenvalue weighted by molar-refractivity contribution is 5.71. The van der Waals surface area contributed by atoms with Gasteiger partial charge in [0.25, 0.3) is 0 Å². The van der Waals surface area contributed by atoms with Gasteiger partial charge in [-0.05, 0) is 83.2 Å². The van der Waals surface area contributed by atoms with Crippen LogP contribution in [0.5, 0.6) is 11.5 Å². The summed E-state index contributed by atoms with van der Waals surface area (Å²) in [5.74, 6) is 1.20. The average molecular weight is 505 g/mol. The molecule has 0 saturated heterocycles. The predicted molar refractivity (Wildman–Crippen MR) is 145 cm³/mol. The Morgan fingerprint density at radius 3 is 2.59 bits per heavy atom. The molecule has 1 aliphatic rings. The molecule has 1 N–H and O–H groups in total. The Kier molecular flexibility index (Phi) is 8.86. The van der Waals surface area contributed by atoms with Gasteiger partial charge in [0, 0.05) is 5.56 Å². The third-order valence-electron chi connectivity index (χ3n) is 7.63. The fourth-order valence-electron chi connectivity index (χ4n) is 5.67. The standard InChI is InChI=1S/C32H37FO4/c1-4-7-23(18-32(34)35)24-9-6-10-26(17-24)37-20-22-12-14-28(29(16-22)27-11-5-8-21(27)2)30-19-25(36-3)13-15-31(30)33/h6,9-10,12-17,19,21,23,27H,4-5,7-8,11,18,20H2,1-3H3,(H,34,35)/t21-,23+,27+/m1/s1. The van der Waals surface area contributed by atoms with Crippen LogP contribution in [-0.4, -0.2) is 18.2 Å². The fourth-order valence-corrected chi connectivity index (χ4v) is 5.67. The predicted octanol–water partition coefficient (Wildman–Crippen LogP) is 8.34. The Morgan fingerprint density at radius 2 is 1.89 bits per heavy atom. The first-order chi connectivity index (χ1) is 17.9. The van der Waals surface area contributed by atoms with Gasteiger partial charge < -0.3 is 14.6 Å². The van der Waals surface area contributed by atoms with E-state index in [0.29, 0.717) is 29.8 Å². The lowest BCUT2D eigenvalue weighted by atomic mass is 9.84. The van der Waals surface area contributed by atoms with Crippen molar-refractivity contribution in [3.63, 3.8) is 0 Å². The summed E-state index contributed by atoms with van der Waals surface area (Å²) in [5, 5.41) is 9.32. The summed E-state index contributed by atoms with van der Waals surface area (Å²) in [6, 6.07) is 18.9. The largest absolute Gasteiger partial charge is 0.497 e. The second-order valence-electron chi connectivity index (χ2n) is 10.2. The maximum atomic E-state index is 14.9. The molecule has 0 spiro atoms. The molecule has 4 rings (SSSR count). The molecule has 1 saturated carbocycles. The quantitative estimate of drug-likeness (QED) is 0.285. The van der Waals surface area contributed by atoms with Crippen LogP contribution in [-0.2, 0) is 11.4 Å². The van der Waals surface area contributed by atoms with Crippen LogP contribution in [0.1, 0.15) is 80.9 Å². The normalized spacial score (nSPS) is 17.9. The van der Waals surface area contributed by atoms with Crippen molar-refractivity contribution in [3.8, 4) is 22.6 Å². The molecule has 1 aliphatic carbocycles. The third-order valence-corrected chi connectivity index (χ3v) is 7.63. The topological polar surface area (TPSA) is 55.8 Å². The van der Waals surface area contributed by atoms with Crippen molar-refractivity contribution in [2.24, 2.45) is 5.92 Å². The summed E-state index contributed by atoms with van der Waals surface area (Å²) < 4.78 is 26.5. The molecule has 1 fully saturated rings. The van der Waals surface area contributed by atoms with Gasteiger partial charge >= 0.3 is 5.97 Å². The molecule has 3 aromatic carbocycles. The van der Waals surface area contributed by atoms with Crippen molar-refractivity contribution >= 4 is 5.97 Å². The number of methoxy groups -OCH3 is 1. The lowest BCUT2D eigenvalue weighted by Gasteiger charge is -2.22. The summed E-state index contributed by atoms with van der Waals surface area (Å²) in [6.07, 6.45) is 5.30. The lowest BCUT2D eigenvalue weighted by molar-refractivity contribution is -0.137. The van der Waals surface area contributed by atoms with Crippen molar-refractivity contribution in [2.45, 2.75) is 70.8 Å². The molecule has 4 nitrogen and oxygen atoms in total. The van der Waals surface area contributed by atoms with E-state index in [4.69, 9.17) is 9.47 Å². The van der Waals surface area contributed by atoms with Gasteiger partial charge in [-0.15, -0.1) is 0 Å². The minimum atomic E-state index is -0.786. The van der Waals surface area contributed by atoms with Crippen LogP contribution in [0.3, 0.4) is 0 Å². The minimum Gasteiger partial charge on any atom is -0.497 e. The number of aliphatic carboxylic acids is 1. The Bertz CT molecular complexity index is 1220. The molecule has 0 aliphatic heterocycles. The molecule has 0 aromatic heterocycles. The van der Waals surface area contributed by atoms with Crippen LogP contribution in [0.4, 0.5) is 4.39 Å². The molecule has 5 heteroatoms. The molecule has 0 unspecified atom stereocenters. The number of ether oxygens (including phenoxy) is 2. The van der Waals surface area contributed by atoms with Gasteiger partial charge in [0.2, 0.25) is 0 Å². The van der Waals surface area contributed by atoms with E-state index < -0.39 is 5.97 Å². The van der Waals surface area contributed by atoms with E-state index in [1.54, 1.807) is 19.2 Å². The molecule has 0 bridgehead atoms. The van der Waals surface area contributed by atoms with E-state index in [9.17, 15) is 14.3 Å². The van der Waals surface area contributed by atoms with Crippen molar-refractivity contribution < 1.29 is 23.8 Å². The van der Waals surface area contributed by atoms with Crippen LogP contribution in [0, 0.1) is 11.7 Å². The van der Waals surface area contributed by atoms with Crippen molar-refractivity contribution in [1.82, 2.24) is 0 Å². The SMILES string of the molecule is CCC[C@@H](CC(=O)O)c1cccc(OCc2ccc(-c3cc(OC)ccc3F)c([C@H]3CCC[C@H]3C)c2)c1. The zero-order chi connectivity index (χ0) is 26.4. The van der Waals surface area contributed by atoms with Gasteiger partial charge in [-0.25, -0.2) is 4.39 Å². The smallest absolute Gasteiger partial charge is 0.303 e. The molecule has 0 radical (unpaired) electrons. The highest BCUT2D eigenvalue weighted by atomic mass is 19.1. The number of carboxylic acids is 1. The highest BCUT2D eigenvalue weighted by Crippen LogP contribution is 2.44. The van der Waals surface area contributed by atoms with Crippen LogP contribution >= 0.6 is 0 Å². The summed E-state index contributed by atoms with van der Waals surface area (Å²) in [7, 11) is 1.60. The Hall–Kier alpha value is -3.34. The molecule has 0 heterocycles. The summed E-state index contributed by atoms with van der Waals surface area (Å²) in [4.78, 5) is 11.3. The minimum absolute atomic E-state index is 0.0291. The molecule has 196 valence electrons. The van der Waals surface area contributed by atoms with E-state index in [1.807, 2.05) is 36.4 Å². The first-order valence-corrected chi connectivity index (χ1v) is 13.3. The maximum Gasteiger partial charge on any atom is 0.303 e. The van der Waals surface area contributed by atoms with E-state index >= 15 is 0 Å². The molecule has 0 amide bonds. The second-order valence-corrected chi connectivity index (χ2v) is 10.2. The number of benzene rings is 3. The number of rotatable bonds is 11. The molecule has 3 aromatic rings. The Balaban J connectivity index is 1.60. The molecular formula is C32H37FO4. The van der Waals surface area contributed by atoms with Crippen molar-refractivity contribution in [2.75, 3.05) is 7.11 Å². The van der Waals surface area contributed by atoms with Crippen LogP contribution in [0.25, 0.3) is 11.1 Å². The zero-order valence-corrected chi connectivity index (χ0v) is 22.0. The first kappa shape index (κ1) is 26.7. The first-order valence-electron chi connectivity index (χ1n) is 13.3. The van der Waals surface area contributed by atoms with Gasteiger partial charge in [-0.1, -0.05) is 63.4 Å². The second kappa shape index (κ2) is 12.3. The lowest BCUT2D eigenvalue weighted by Crippen LogP contribution is -2.07. The summed E-state index contributed by atoms with van der Waals surface area (Å²) in [5.41, 5.74) is 4.66. The van der Waals surface area contributed by atoms with Crippen molar-refractivity contribution in [1.29, 1.82) is 0 Å². The van der Waals surface area contributed by atoms with E-state index in [0.717, 1.165) is 47.3 Å². The Morgan fingerprint density at radius 1 is 1.05 bits per heavy atom. The van der Waals surface area contributed by atoms with E-state index in [2.05, 4.69) is 19.9 Å². The van der Waals surface area contributed by atoms with Gasteiger partial charge in [0.1, 0.15) is 23.9 Å². The van der Waals surface area contributed by atoms with Crippen molar-refractivity contribution in [3.05, 3.63) is 83.2 Å². The van der Waals surface area contributed by atoms with Crippen LogP contribution < -0.4 is 9.47 Å². The van der Waals surface area contributed by atoms with Gasteiger partial charge in [0.15, 0.2) is 0 Å². The number of hydrogen-bond donors (Lipinski definition) is 1. The van der Waals surface area contributed by atoms with E-state index in [-0.39, 0.29) is 18.2 Å². The fraction of sp³-hybridized carbons (Fsp3) is 0.406. The van der Waals surface area contributed by atoms with Crippen LogP contribution in [0.15, 0.2) is 60.7 Å². The summed E-state index contributed by atoms with van der Waals surface area (Å²) >= 11 is 0. The molecular weight excluding hydrogens is 467 g/mol. The van der Waals surface area contributed by atoms with Gasteiger partial charge in [-0.3, -0.25) is 4.79 Å². The number of halogens is 1. The summed E-state index contributed by atoms with van der Waals surface area (Å²) in [6.45, 7) is 4.73. The Labute approximate surface area is 219 Å². The van der Waals surface area contributed by atoms with E-state index in [1.165, 1.54) is 18.9 Å². The number of carboxylic acid groups (broad SMARTS) is 1. The van der Waals surface area contributed by atoms with Gasteiger partial charge in [0.05, 0.1) is 13.5 Å². The molecule has 37 heavy (non-hydrogen) atoms. The van der Waals surface area contributed by atoms with Gasteiger partial charge in [-0.2, -0.15) is 0 Å². The van der Waals surface area contributed by atoms with Crippen LogP contribution in [0.2, 0.25) is 0 Å². The zero-order valence-electron chi connectivity index (χ0n) is 22.0. The number of hydrogen-bond acceptors (Lipinski definition) is 3. The average Bonchev–Trinajstić information content (AvgIpc) is 3.33. The molecule has 3 atom stereocenters. The maximum absolute atomic E-state index is 14.9. The highest BCUT2D eigenvalue weighted by Gasteiger charge is 2.28.